The van der Waals surface area contributed by atoms with Crippen LogP contribution in [-0.2, 0) is 72.0 Å². The van der Waals surface area contributed by atoms with Crippen LogP contribution in [0, 0.1) is 5.92 Å². The van der Waals surface area contributed by atoms with Crippen LogP contribution in [0.25, 0.3) is 10.9 Å². The number of nitrogens with zero attached hydrogens (tertiary/aromatic N) is 3. The number of amides is 10. The molecule has 18 N–H and O–H groups in total. The normalized spacial score (nSPS) is 16.8. The van der Waals surface area contributed by atoms with E-state index in [0.29, 0.717) is 34.1 Å². The number of benzene rings is 2. The van der Waals surface area contributed by atoms with Gasteiger partial charge in [0.05, 0.1) is 19.5 Å². The standard InChI is InChI=1S/C55H74N16O14/c1-29(2)19-38(49(80)66-37(9-5-17-59-55(56)57)54(85)71-18-6-10-43(71)53(84)62-26-46(76)77)65-45(75)25-61-47(78)39(20-30-11-13-33(73)14-12-30)67-52(83)42(27-72)70-50(81)40(21-31-23-60-35-8-4-3-7-34(31)35)68-51(82)41(22-32-24-58-28-63-32)69-48(79)36-15-16-44(74)64-36/h3-4,7-8,11-14,23-24,28-29,36-43,60,72-73H,5-6,9-10,15-22,25-27H2,1-2H3,(H,58,63)(H,61,78)(H,62,84)(H,64,74)(H,65,75)(H,66,80)(H,67,83)(H,68,82)(H,69,79)(H,70,81)(H,76,77)(H4,56,57,59)/t36?,37-,38-,39-,40-,41-,42-,43-/m0/s1. The second-order valence-corrected chi connectivity index (χ2v) is 21.1. The van der Waals surface area contributed by atoms with Gasteiger partial charge in [0.1, 0.15) is 60.6 Å². The van der Waals surface area contributed by atoms with Crippen LogP contribution >= 0.6 is 0 Å². The summed E-state index contributed by atoms with van der Waals surface area (Å²) in [4.78, 5) is 163. The Morgan fingerprint density at radius 2 is 1.40 bits per heavy atom. The van der Waals surface area contributed by atoms with E-state index in [4.69, 9.17) is 16.6 Å². The van der Waals surface area contributed by atoms with Crippen molar-refractivity contribution in [2.75, 3.05) is 32.8 Å². The number of aliphatic hydroxyl groups is 1. The fraction of sp³-hybridized carbons (Fsp3) is 0.473. The largest absolute Gasteiger partial charge is 0.508 e. The molecule has 2 saturated heterocycles. The molecule has 8 atom stereocenters. The molecule has 0 aliphatic carbocycles. The summed E-state index contributed by atoms with van der Waals surface area (Å²) in [5, 5.41) is 53.4. The molecule has 0 saturated carbocycles. The van der Waals surface area contributed by atoms with Crippen molar-refractivity contribution in [1.82, 2.24) is 67.7 Å². The van der Waals surface area contributed by atoms with E-state index in [9.17, 15) is 63.0 Å². The number of carbonyl (C=O) groups is 11. The molecule has 2 fully saturated rings. The Labute approximate surface area is 487 Å². The molecule has 2 aliphatic heterocycles. The molecule has 85 heavy (non-hydrogen) atoms. The number of carbonyl (C=O) groups excluding carboxylic acids is 10. The minimum atomic E-state index is -1.76. The third-order valence-corrected chi connectivity index (χ3v) is 14.1. The van der Waals surface area contributed by atoms with Gasteiger partial charge in [-0.15, -0.1) is 0 Å². The fourth-order valence-electron chi connectivity index (χ4n) is 9.78. The number of carboxylic acids is 1. The Morgan fingerprint density at radius 1 is 0.741 bits per heavy atom. The van der Waals surface area contributed by atoms with Crippen LogP contribution in [0.2, 0.25) is 0 Å². The van der Waals surface area contributed by atoms with E-state index in [0.717, 1.165) is 0 Å². The average molecular weight is 1180 g/mol. The molecule has 30 heteroatoms. The Hall–Kier alpha value is -9.61. The highest BCUT2D eigenvalue weighted by Gasteiger charge is 2.39. The summed E-state index contributed by atoms with van der Waals surface area (Å²) in [7, 11) is 0. The molecule has 1 unspecified atom stereocenters. The molecule has 2 aromatic heterocycles. The lowest BCUT2D eigenvalue weighted by molar-refractivity contribution is -0.143. The predicted octanol–water partition coefficient (Wildman–Crippen LogP) is -3.79. The number of aromatic amines is 2. The number of phenols is 1. The fourth-order valence-corrected chi connectivity index (χ4v) is 9.78. The van der Waals surface area contributed by atoms with Crippen molar-refractivity contribution in [3.8, 4) is 5.75 Å². The molecular formula is C55H74N16O14. The number of para-hydroxylation sites is 1. The third kappa shape index (κ3) is 19.5. The maximum absolute atomic E-state index is 14.4. The number of likely N-dealkylation sites (tertiary alicyclic amines) is 1. The van der Waals surface area contributed by atoms with Gasteiger partial charge in [-0.05, 0) is 73.8 Å². The van der Waals surface area contributed by atoms with Crippen molar-refractivity contribution in [2.24, 2.45) is 22.4 Å². The second kappa shape index (κ2) is 31.2. The number of nitrogens with two attached hydrogens (primary N) is 2. The van der Waals surface area contributed by atoms with Gasteiger partial charge in [-0.25, -0.2) is 4.98 Å². The van der Waals surface area contributed by atoms with E-state index in [2.05, 4.69) is 67.8 Å². The summed E-state index contributed by atoms with van der Waals surface area (Å²) in [6.45, 7) is 1.32. The van der Waals surface area contributed by atoms with E-state index in [1.165, 1.54) is 41.7 Å². The number of aromatic hydroxyl groups is 1. The molecule has 10 amide bonds. The summed E-state index contributed by atoms with van der Waals surface area (Å²) >= 11 is 0. The Bertz CT molecular complexity index is 3060. The van der Waals surface area contributed by atoms with E-state index < -0.39 is 127 Å². The number of imidazole rings is 1. The summed E-state index contributed by atoms with van der Waals surface area (Å²) in [5.41, 5.74) is 13.1. The number of hydrogen-bond donors (Lipinski definition) is 16. The number of H-pyrrole nitrogens is 2. The van der Waals surface area contributed by atoms with E-state index in [1.807, 2.05) is 0 Å². The molecule has 2 aromatic carbocycles. The highest BCUT2D eigenvalue weighted by molar-refractivity contribution is 5.99. The first kappa shape index (κ1) is 64.6. The highest BCUT2D eigenvalue weighted by Crippen LogP contribution is 2.22. The van der Waals surface area contributed by atoms with Gasteiger partial charge in [-0.1, -0.05) is 44.2 Å². The molecule has 6 rings (SSSR count). The van der Waals surface area contributed by atoms with Crippen LogP contribution in [-0.4, -0.2) is 187 Å². The van der Waals surface area contributed by atoms with Gasteiger partial charge in [0.15, 0.2) is 5.96 Å². The van der Waals surface area contributed by atoms with Crippen molar-refractivity contribution in [3.05, 3.63) is 84.1 Å². The SMILES string of the molecule is CC(C)C[C@H](NC(=O)CNC(=O)[C@H](Cc1ccc(O)cc1)NC(=O)[C@H](CO)NC(=O)[C@H](Cc1c[nH]c2ccccc12)NC(=O)[C@H](Cc1cnc[nH]1)NC(=O)C1CCC(=O)N1)C(=O)N[C@@H](CCCN=C(N)N)C(=O)N1CCC[C@H]1C(=O)NCC(=O)O. The Morgan fingerprint density at radius 3 is 2.05 bits per heavy atom. The second-order valence-electron chi connectivity index (χ2n) is 21.1. The monoisotopic (exact) mass is 1180 g/mol. The zero-order valence-corrected chi connectivity index (χ0v) is 47.0. The Balaban J connectivity index is 1.16. The van der Waals surface area contributed by atoms with Crippen molar-refractivity contribution in [3.63, 3.8) is 0 Å². The topological polar surface area (TPSA) is 469 Å². The van der Waals surface area contributed by atoms with Gasteiger partial charge in [0, 0.05) is 67.8 Å². The molecule has 4 heterocycles. The summed E-state index contributed by atoms with van der Waals surface area (Å²) < 4.78 is 0. The van der Waals surface area contributed by atoms with Crippen molar-refractivity contribution >= 4 is 81.9 Å². The van der Waals surface area contributed by atoms with Gasteiger partial charge in [-0.2, -0.15) is 0 Å². The summed E-state index contributed by atoms with van der Waals surface area (Å²) in [5.74, 6) is -9.55. The first-order chi connectivity index (χ1) is 40.6. The molecule has 0 bridgehead atoms. The molecule has 458 valence electrons. The van der Waals surface area contributed by atoms with Crippen LogP contribution in [0.4, 0.5) is 0 Å². The molecule has 0 spiro atoms. The lowest BCUT2D eigenvalue weighted by atomic mass is 10.0. The van der Waals surface area contributed by atoms with Crippen molar-refractivity contribution in [2.45, 2.75) is 126 Å². The number of aromatic nitrogens is 3. The Kier molecular flexibility index (Phi) is 23.7. The zero-order chi connectivity index (χ0) is 61.7. The van der Waals surface area contributed by atoms with Crippen LogP contribution < -0.4 is 59.3 Å². The number of fused-ring (bicyclic) bond motifs is 1. The molecule has 4 aromatic rings. The third-order valence-electron chi connectivity index (χ3n) is 14.1. The van der Waals surface area contributed by atoms with Gasteiger partial charge in [-0.3, -0.25) is 57.7 Å². The van der Waals surface area contributed by atoms with Crippen molar-refractivity contribution in [1.29, 1.82) is 0 Å². The summed E-state index contributed by atoms with van der Waals surface area (Å²) in [6, 6.07) is 2.23. The zero-order valence-electron chi connectivity index (χ0n) is 47.0. The van der Waals surface area contributed by atoms with Crippen LogP contribution in [0.1, 0.15) is 75.6 Å². The quantitative estimate of drug-likeness (QED) is 0.0131. The maximum Gasteiger partial charge on any atom is 0.322 e. The molecule has 2 aliphatic rings. The number of aliphatic hydroxyl groups excluding tert-OH is 1. The number of guanidine groups is 1. The predicted molar refractivity (Wildman–Crippen MR) is 304 cm³/mol. The maximum atomic E-state index is 14.4. The smallest absolute Gasteiger partial charge is 0.322 e. The number of nitrogens with one attached hydrogen (secondary N) is 11. The van der Waals surface area contributed by atoms with Gasteiger partial charge >= 0.3 is 5.97 Å². The first-order valence-electron chi connectivity index (χ1n) is 27.7. The number of phenolic OH excluding ortho intramolecular Hbond substituents is 1. The van der Waals surface area contributed by atoms with Gasteiger partial charge in [0.2, 0.25) is 59.1 Å². The molecule has 0 radical (unpaired) electrons. The van der Waals surface area contributed by atoms with Gasteiger partial charge in [0.25, 0.3) is 0 Å². The van der Waals surface area contributed by atoms with Gasteiger partial charge < -0.3 is 89.5 Å². The summed E-state index contributed by atoms with van der Waals surface area (Å²) in [6.07, 6.45) is 5.10. The number of carboxylic acid groups (broad SMARTS) is 1. The minimum absolute atomic E-state index is 0.00443. The minimum Gasteiger partial charge on any atom is -0.508 e. The van der Waals surface area contributed by atoms with Crippen LogP contribution in [0.5, 0.6) is 5.75 Å². The lowest BCUT2D eigenvalue weighted by Gasteiger charge is -2.30. The highest BCUT2D eigenvalue weighted by atomic mass is 16.4. The number of rotatable bonds is 31. The average Bonchev–Trinajstić information content (AvgIpc) is 4.32. The number of hydrogen-bond acceptors (Lipinski definition) is 15. The van der Waals surface area contributed by atoms with Crippen molar-refractivity contribution < 1.29 is 68.1 Å². The van der Waals surface area contributed by atoms with E-state index >= 15 is 0 Å². The molecular weight excluding hydrogens is 1110 g/mol. The van der Waals surface area contributed by atoms with Crippen LogP contribution in [0.3, 0.4) is 0 Å². The number of aliphatic imine (C=N–C) groups is 1. The van der Waals surface area contributed by atoms with E-state index in [-0.39, 0.29) is 94.4 Å². The molecule has 30 nitrogen and oxygen atoms in total. The number of aliphatic carboxylic acids is 1. The lowest BCUT2D eigenvalue weighted by Crippen LogP contribution is -2.60. The van der Waals surface area contributed by atoms with Crippen LogP contribution in [0.15, 0.2) is 72.2 Å². The van der Waals surface area contributed by atoms with E-state index in [1.54, 1.807) is 44.3 Å². The first-order valence-corrected chi connectivity index (χ1v) is 27.7.